The highest BCUT2D eigenvalue weighted by atomic mass is 79.9. The number of nitrogens with one attached hydrogen (secondary N) is 1. The second kappa shape index (κ2) is 6.32. The molecule has 0 atom stereocenters. The third-order valence-electron chi connectivity index (χ3n) is 2.61. The second-order valence-corrected chi connectivity index (χ2v) is 6.91. The molecule has 2 aromatic carbocycles. The van der Waals surface area contributed by atoms with Gasteiger partial charge in [-0.3, -0.25) is 0 Å². The lowest BCUT2D eigenvalue weighted by atomic mass is 10.2. The van der Waals surface area contributed by atoms with Crippen molar-refractivity contribution in [3.63, 3.8) is 0 Å². The van der Waals surface area contributed by atoms with E-state index < -0.39 is 10.0 Å². The highest BCUT2D eigenvalue weighted by molar-refractivity contribution is 9.10. The summed E-state index contributed by atoms with van der Waals surface area (Å²) < 4.78 is 27.4. The minimum Gasteiger partial charge on any atom is -0.212 e. The summed E-state index contributed by atoms with van der Waals surface area (Å²) in [5, 5.41) is 0. The molecule has 1 N–H and O–H groups in total. The van der Waals surface area contributed by atoms with Crippen LogP contribution in [0.4, 0.5) is 0 Å². The zero-order valence-corrected chi connectivity index (χ0v) is 12.6. The summed E-state index contributed by atoms with van der Waals surface area (Å²) in [4.78, 5) is 0. The minimum atomic E-state index is -3.30. The monoisotopic (exact) mass is 339 g/mol. The fourth-order valence-corrected chi connectivity index (χ4v) is 3.02. The lowest BCUT2D eigenvalue weighted by Gasteiger charge is -2.07. The van der Waals surface area contributed by atoms with Crippen LogP contribution >= 0.6 is 15.9 Å². The first-order valence-electron chi connectivity index (χ1n) is 5.81. The van der Waals surface area contributed by atoms with Gasteiger partial charge in [0, 0.05) is 11.0 Å². The van der Waals surface area contributed by atoms with E-state index in [9.17, 15) is 8.42 Å². The van der Waals surface area contributed by atoms with Gasteiger partial charge in [-0.05, 0) is 23.3 Å². The van der Waals surface area contributed by atoms with E-state index in [1.165, 1.54) is 0 Å². The largest absolute Gasteiger partial charge is 0.216 e. The van der Waals surface area contributed by atoms with Gasteiger partial charge in [0.15, 0.2) is 0 Å². The van der Waals surface area contributed by atoms with E-state index >= 15 is 0 Å². The number of sulfonamides is 1. The summed E-state index contributed by atoms with van der Waals surface area (Å²) >= 11 is 3.34. The number of halogens is 1. The van der Waals surface area contributed by atoms with Crippen molar-refractivity contribution in [3.8, 4) is 0 Å². The van der Waals surface area contributed by atoms with Gasteiger partial charge in [0.05, 0.1) is 5.75 Å². The van der Waals surface area contributed by atoms with Crippen molar-refractivity contribution in [1.82, 2.24) is 4.72 Å². The lowest BCUT2D eigenvalue weighted by molar-refractivity contribution is 0.580. The molecule has 2 aromatic rings. The van der Waals surface area contributed by atoms with E-state index in [1.807, 2.05) is 42.5 Å². The molecule has 5 heteroatoms. The molecule has 0 spiro atoms. The molecule has 0 fully saturated rings. The van der Waals surface area contributed by atoms with Crippen LogP contribution in [0.2, 0.25) is 0 Å². The Labute approximate surface area is 121 Å². The Bertz CT molecular complexity index is 624. The maximum absolute atomic E-state index is 11.9. The van der Waals surface area contributed by atoms with Gasteiger partial charge in [-0.1, -0.05) is 58.4 Å². The third-order valence-corrected chi connectivity index (χ3v) is 4.44. The fourth-order valence-electron chi connectivity index (χ4n) is 1.64. The molecular formula is C14H14BrNO2S. The van der Waals surface area contributed by atoms with E-state index in [-0.39, 0.29) is 5.75 Å². The average molecular weight is 340 g/mol. The molecule has 19 heavy (non-hydrogen) atoms. The number of hydrogen-bond donors (Lipinski definition) is 1. The minimum absolute atomic E-state index is 0.00433. The van der Waals surface area contributed by atoms with Gasteiger partial charge in [-0.2, -0.15) is 0 Å². The Morgan fingerprint density at radius 1 is 0.895 bits per heavy atom. The predicted octanol–water partition coefficient (Wildman–Crippen LogP) is 3.07. The quantitative estimate of drug-likeness (QED) is 0.909. The zero-order valence-electron chi connectivity index (χ0n) is 10.2. The van der Waals surface area contributed by atoms with Crippen LogP contribution in [-0.2, 0) is 22.3 Å². The molecule has 0 aliphatic heterocycles. The summed E-state index contributed by atoms with van der Waals surface area (Å²) in [7, 11) is -3.30. The third kappa shape index (κ3) is 4.78. The Balaban J connectivity index is 1.96. The number of benzene rings is 2. The zero-order chi connectivity index (χ0) is 13.7. The summed E-state index contributed by atoms with van der Waals surface area (Å²) in [5.41, 5.74) is 1.71. The average Bonchev–Trinajstić information content (AvgIpc) is 2.39. The Kier molecular flexibility index (Phi) is 4.74. The SMILES string of the molecule is O=S(=O)(Cc1ccccc1)NCc1ccc(Br)cc1. The molecular weight excluding hydrogens is 326 g/mol. The molecule has 0 amide bonds. The number of hydrogen-bond acceptors (Lipinski definition) is 2. The summed E-state index contributed by atoms with van der Waals surface area (Å²) in [5.74, 6) is 0.00433. The Hall–Kier alpha value is -1.17. The van der Waals surface area contributed by atoms with Gasteiger partial charge in [0.25, 0.3) is 0 Å². The van der Waals surface area contributed by atoms with Gasteiger partial charge in [0.1, 0.15) is 0 Å². The Morgan fingerprint density at radius 3 is 2.16 bits per heavy atom. The van der Waals surface area contributed by atoms with Gasteiger partial charge in [0.2, 0.25) is 10.0 Å². The molecule has 2 rings (SSSR count). The van der Waals surface area contributed by atoms with Crippen LogP contribution in [0, 0.1) is 0 Å². The first-order chi connectivity index (χ1) is 9.05. The standard InChI is InChI=1S/C14H14BrNO2S/c15-14-8-6-12(7-9-14)10-16-19(17,18)11-13-4-2-1-3-5-13/h1-9,16H,10-11H2. The van der Waals surface area contributed by atoms with Crippen LogP contribution in [0.25, 0.3) is 0 Å². The number of rotatable bonds is 5. The van der Waals surface area contributed by atoms with E-state index in [4.69, 9.17) is 0 Å². The highest BCUT2D eigenvalue weighted by Gasteiger charge is 2.10. The predicted molar refractivity (Wildman–Crippen MR) is 80.0 cm³/mol. The van der Waals surface area contributed by atoms with Crippen LogP contribution in [0.5, 0.6) is 0 Å². The van der Waals surface area contributed by atoms with Crippen LogP contribution < -0.4 is 4.72 Å². The molecule has 3 nitrogen and oxygen atoms in total. The molecule has 0 unspecified atom stereocenters. The highest BCUT2D eigenvalue weighted by Crippen LogP contribution is 2.11. The van der Waals surface area contributed by atoms with Crippen LogP contribution in [0.3, 0.4) is 0 Å². The van der Waals surface area contributed by atoms with E-state index in [2.05, 4.69) is 20.7 Å². The molecule has 0 heterocycles. The van der Waals surface area contributed by atoms with Crippen molar-refractivity contribution in [2.75, 3.05) is 0 Å². The van der Waals surface area contributed by atoms with E-state index in [0.29, 0.717) is 6.54 Å². The maximum atomic E-state index is 11.9. The van der Waals surface area contributed by atoms with Crippen molar-refractivity contribution in [1.29, 1.82) is 0 Å². The molecule has 0 radical (unpaired) electrons. The summed E-state index contributed by atoms with van der Waals surface area (Å²) in [6, 6.07) is 16.7. The van der Waals surface area contributed by atoms with Crippen molar-refractivity contribution in [2.45, 2.75) is 12.3 Å². The smallest absolute Gasteiger partial charge is 0.212 e. The summed E-state index contributed by atoms with van der Waals surface area (Å²) in [6.45, 7) is 0.308. The van der Waals surface area contributed by atoms with Crippen molar-refractivity contribution >= 4 is 26.0 Å². The van der Waals surface area contributed by atoms with E-state index in [1.54, 1.807) is 12.1 Å². The first kappa shape index (κ1) is 14.2. The normalized spacial score (nSPS) is 11.4. The van der Waals surface area contributed by atoms with Crippen LogP contribution in [0.15, 0.2) is 59.1 Å². The maximum Gasteiger partial charge on any atom is 0.216 e. The van der Waals surface area contributed by atoms with Gasteiger partial charge >= 0.3 is 0 Å². The van der Waals surface area contributed by atoms with Crippen molar-refractivity contribution in [3.05, 3.63) is 70.2 Å². The van der Waals surface area contributed by atoms with Crippen LogP contribution in [-0.4, -0.2) is 8.42 Å². The molecule has 0 bridgehead atoms. The molecule has 0 aromatic heterocycles. The van der Waals surface area contributed by atoms with Gasteiger partial charge < -0.3 is 0 Å². The van der Waals surface area contributed by atoms with E-state index in [0.717, 1.165) is 15.6 Å². The molecule has 0 aliphatic rings. The Morgan fingerprint density at radius 2 is 1.53 bits per heavy atom. The lowest BCUT2D eigenvalue weighted by Crippen LogP contribution is -2.24. The second-order valence-electron chi connectivity index (χ2n) is 4.19. The molecule has 0 aliphatic carbocycles. The van der Waals surface area contributed by atoms with Gasteiger partial charge in [-0.15, -0.1) is 0 Å². The topological polar surface area (TPSA) is 46.2 Å². The molecule has 0 saturated carbocycles. The van der Waals surface area contributed by atoms with Crippen molar-refractivity contribution < 1.29 is 8.42 Å². The first-order valence-corrected chi connectivity index (χ1v) is 8.25. The summed E-state index contributed by atoms with van der Waals surface area (Å²) in [6.07, 6.45) is 0. The fraction of sp³-hybridized carbons (Fsp3) is 0.143. The van der Waals surface area contributed by atoms with Crippen LogP contribution in [0.1, 0.15) is 11.1 Å². The molecule has 0 saturated heterocycles. The molecule has 100 valence electrons. The van der Waals surface area contributed by atoms with Gasteiger partial charge in [-0.25, -0.2) is 13.1 Å². The van der Waals surface area contributed by atoms with Crippen molar-refractivity contribution in [2.24, 2.45) is 0 Å².